The summed E-state index contributed by atoms with van der Waals surface area (Å²) < 4.78 is 0. The van der Waals surface area contributed by atoms with Gasteiger partial charge in [-0.3, -0.25) is 0 Å². The summed E-state index contributed by atoms with van der Waals surface area (Å²) in [6.07, 6.45) is 28.1. The molecule has 0 atom stereocenters. The predicted octanol–water partition coefficient (Wildman–Crippen LogP) is 7.87. The van der Waals surface area contributed by atoms with Crippen LogP contribution < -0.4 is 0 Å². The van der Waals surface area contributed by atoms with E-state index in [-0.39, 0.29) is 13.8 Å². The highest BCUT2D eigenvalue weighted by atomic mass is 16.0. The Balaban J connectivity index is 0.00000240. The van der Waals surface area contributed by atoms with Crippen molar-refractivity contribution >= 4 is 0 Å². The Hall–Kier alpha value is -0.0800. The van der Waals surface area contributed by atoms with E-state index in [1.807, 2.05) is 0 Å². The van der Waals surface area contributed by atoms with E-state index in [9.17, 15) is 0 Å². The molecule has 4 aliphatic carbocycles. The molecule has 30 heavy (non-hydrogen) atoms. The lowest BCUT2D eigenvalue weighted by molar-refractivity contribution is 0.104. The fourth-order valence-electron chi connectivity index (χ4n) is 7.88. The molecule has 2 heteroatoms. The van der Waals surface area contributed by atoms with Gasteiger partial charge in [0.1, 0.15) is 0 Å². The van der Waals surface area contributed by atoms with Crippen molar-refractivity contribution in [2.75, 3.05) is 0 Å². The van der Waals surface area contributed by atoms with E-state index in [1.165, 1.54) is 25.7 Å². The van der Waals surface area contributed by atoms with Crippen LogP contribution in [0.15, 0.2) is 0 Å². The molecular formula is C28H58O2. The molecule has 0 aromatic carbocycles. The van der Waals surface area contributed by atoms with Crippen LogP contribution in [0.3, 0.4) is 0 Å². The van der Waals surface area contributed by atoms with E-state index >= 15 is 0 Å². The van der Waals surface area contributed by atoms with Gasteiger partial charge >= 0.3 is 0 Å². The average Bonchev–Trinajstić information content (AvgIpc) is 2.74. The molecule has 2 nitrogen and oxygen atoms in total. The molecule has 0 saturated heterocycles. The minimum absolute atomic E-state index is 0. The fourth-order valence-corrected chi connectivity index (χ4v) is 7.88. The lowest BCUT2D eigenvalue weighted by atomic mass is 9.65. The molecule has 0 bridgehead atoms. The normalized spacial score (nSPS) is 42.6. The van der Waals surface area contributed by atoms with Crippen LogP contribution in [0.4, 0.5) is 0 Å². The molecule has 0 heterocycles. The van der Waals surface area contributed by atoms with Crippen LogP contribution in [-0.2, 0) is 0 Å². The zero-order valence-electron chi connectivity index (χ0n) is 20.3. The van der Waals surface area contributed by atoms with Crippen LogP contribution in [0.5, 0.6) is 0 Å². The summed E-state index contributed by atoms with van der Waals surface area (Å²) in [6, 6.07) is 0. The summed E-state index contributed by atoms with van der Waals surface area (Å²) in [7, 11) is 0. The van der Waals surface area contributed by atoms with E-state index in [0.717, 1.165) is 47.3 Å². The summed E-state index contributed by atoms with van der Waals surface area (Å²) in [5, 5.41) is 0. The minimum atomic E-state index is 0. The first-order chi connectivity index (χ1) is 13.7. The van der Waals surface area contributed by atoms with Crippen molar-refractivity contribution in [2.24, 2.45) is 47.3 Å². The van der Waals surface area contributed by atoms with Gasteiger partial charge in [0.25, 0.3) is 0 Å². The van der Waals surface area contributed by atoms with E-state index in [4.69, 9.17) is 0 Å². The lowest BCUT2D eigenvalue weighted by Gasteiger charge is -2.41. The van der Waals surface area contributed by atoms with Gasteiger partial charge in [0.15, 0.2) is 0 Å². The van der Waals surface area contributed by atoms with E-state index in [0.29, 0.717) is 0 Å². The van der Waals surface area contributed by atoms with Crippen LogP contribution in [0.1, 0.15) is 132 Å². The Bertz CT molecular complexity index is 442. The smallest absolute Gasteiger partial charge is 0 e. The first kappa shape index (κ1) is 26.2. The molecule has 0 aliphatic heterocycles. The maximum Gasteiger partial charge on any atom is 0 e. The molecule has 4 N–H and O–H groups in total. The van der Waals surface area contributed by atoms with Gasteiger partial charge in [-0.1, -0.05) is 78.1 Å². The Morgan fingerprint density at radius 1 is 0.400 bits per heavy atom. The van der Waals surface area contributed by atoms with Crippen LogP contribution in [-0.4, -0.2) is 11.0 Å². The molecule has 4 rings (SSSR count). The van der Waals surface area contributed by atoms with Gasteiger partial charge in [0, 0.05) is 2.85 Å². The first-order valence-electron chi connectivity index (χ1n) is 13.7. The third-order valence-electron chi connectivity index (χ3n) is 10.2. The van der Waals surface area contributed by atoms with Crippen molar-refractivity contribution in [2.45, 2.75) is 129 Å². The molecule has 4 fully saturated rings. The summed E-state index contributed by atoms with van der Waals surface area (Å²) >= 11 is 0. The molecule has 0 unspecified atom stereocenters. The number of hydrogen-bond acceptors (Lipinski definition) is 0. The summed E-state index contributed by atoms with van der Waals surface area (Å²) in [6.45, 7) is 4.93. The summed E-state index contributed by atoms with van der Waals surface area (Å²) in [4.78, 5) is 0. The second-order valence-corrected chi connectivity index (χ2v) is 12.2. The minimum Gasteiger partial charge on any atom is -0.412 e. The van der Waals surface area contributed by atoms with Gasteiger partial charge in [0.2, 0.25) is 0 Å². The highest BCUT2D eigenvalue weighted by Crippen LogP contribution is 2.46. The molecule has 4 saturated carbocycles. The Kier molecular flexibility index (Phi) is 11.2. The SMILES string of the molecule is CC1CCC(CCC2CCC(C3CCC(C4CCC(C)CC4)CC3)CC2)CC1.O.O.[HH].[HH]. The van der Waals surface area contributed by atoms with Gasteiger partial charge in [-0.2, -0.15) is 0 Å². The molecule has 0 aromatic heterocycles. The van der Waals surface area contributed by atoms with Crippen LogP contribution in [0, 0.1) is 47.3 Å². The second kappa shape index (κ2) is 12.8. The van der Waals surface area contributed by atoms with Gasteiger partial charge in [-0.05, 0) is 98.7 Å². The van der Waals surface area contributed by atoms with Crippen molar-refractivity contribution in [3.63, 3.8) is 0 Å². The van der Waals surface area contributed by atoms with Gasteiger partial charge in [-0.15, -0.1) is 0 Å². The monoisotopic (exact) mass is 426 g/mol. The molecule has 0 radical (unpaired) electrons. The van der Waals surface area contributed by atoms with Gasteiger partial charge in [0.05, 0.1) is 0 Å². The molecule has 0 spiro atoms. The van der Waals surface area contributed by atoms with Crippen molar-refractivity contribution in [3.8, 4) is 0 Å². The van der Waals surface area contributed by atoms with E-state index in [1.54, 1.807) is 89.9 Å². The first-order valence-corrected chi connectivity index (χ1v) is 13.7. The predicted molar refractivity (Wildman–Crippen MR) is 134 cm³/mol. The average molecular weight is 427 g/mol. The number of hydrogen-bond donors (Lipinski definition) is 0. The molecule has 0 amide bonds. The molecule has 182 valence electrons. The third-order valence-corrected chi connectivity index (χ3v) is 10.2. The van der Waals surface area contributed by atoms with Crippen LogP contribution in [0.25, 0.3) is 0 Å². The Morgan fingerprint density at radius 2 is 0.633 bits per heavy atom. The zero-order chi connectivity index (χ0) is 19.3. The van der Waals surface area contributed by atoms with Gasteiger partial charge < -0.3 is 11.0 Å². The molecule has 0 aromatic rings. The maximum absolute atomic E-state index is 2.47. The highest BCUT2D eigenvalue weighted by molar-refractivity contribution is 4.85. The lowest BCUT2D eigenvalue weighted by Crippen LogP contribution is -2.29. The molecule has 4 aliphatic rings. The largest absolute Gasteiger partial charge is 0.412 e. The van der Waals surface area contributed by atoms with Crippen molar-refractivity contribution in [1.29, 1.82) is 0 Å². The quantitative estimate of drug-likeness (QED) is 0.429. The summed E-state index contributed by atoms with van der Waals surface area (Å²) in [5.74, 6) is 8.66. The number of rotatable bonds is 5. The maximum atomic E-state index is 2.47. The van der Waals surface area contributed by atoms with Gasteiger partial charge in [-0.25, -0.2) is 0 Å². The van der Waals surface area contributed by atoms with Crippen molar-refractivity contribution < 1.29 is 13.8 Å². The highest BCUT2D eigenvalue weighted by Gasteiger charge is 2.34. The topological polar surface area (TPSA) is 63.0 Å². The van der Waals surface area contributed by atoms with Crippen LogP contribution in [0.2, 0.25) is 0 Å². The molecular weight excluding hydrogens is 368 g/mol. The van der Waals surface area contributed by atoms with Crippen LogP contribution >= 0.6 is 0 Å². The zero-order valence-corrected chi connectivity index (χ0v) is 20.3. The standard InChI is InChI=1S/C28H50.2H2O.2H2/c1-21-3-7-23(8-4-21)9-10-24-11-15-26(16-12-24)28-19-17-27(18-20-28)25-13-5-22(2)6-14-25;;;;/h21-28H,3-20H2,1-2H3;2*1H2;2*1H. The second-order valence-electron chi connectivity index (χ2n) is 12.2. The van der Waals surface area contributed by atoms with E-state index < -0.39 is 0 Å². The Labute approximate surface area is 191 Å². The van der Waals surface area contributed by atoms with E-state index in [2.05, 4.69) is 13.8 Å². The Morgan fingerprint density at radius 3 is 1.00 bits per heavy atom. The fraction of sp³-hybridized carbons (Fsp3) is 1.00. The van der Waals surface area contributed by atoms with Crippen molar-refractivity contribution in [3.05, 3.63) is 0 Å². The third kappa shape index (κ3) is 7.22. The summed E-state index contributed by atoms with van der Waals surface area (Å²) in [5.41, 5.74) is 0. The van der Waals surface area contributed by atoms with Crippen molar-refractivity contribution in [1.82, 2.24) is 0 Å².